The molecule has 1 aromatic heterocycles. The molecule has 0 saturated heterocycles. The van der Waals surface area contributed by atoms with Gasteiger partial charge in [0.2, 0.25) is 0 Å². The van der Waals surface area contributed by atoms with Crippen molar-refractivity contribution in [1.82, 2.24) is 4.98 Å². The number of hydrogen-bond donors (Lipinski definition) is 2. The summed E-state index contributed by atoms with van der Waals surface area (Å²) in [4.78, 5) is 4.67. The predicted octanol–water partition coefficient (Wildman–Crippen LogP) is 4.67. The fourth-order valence-corrected chi connectivity index (χ4v) is 3.15. The zero-order valence-corrected chi connectivity index (χ0v) is 13.0. The van der Waals surface area contributed by atoms with E-state index in [1.165, 1.54) is 38.5 Å². The maximum atomic E-state index is 4.67. The summed E-state index contributed by atoms with van der Waals surface area (Å²) in [6.45, 7) is 5.44. The molecular weight excluding hydrogens is 246 g/mol. The second-order valence-electron chi connectivity index (χ2n) is 5.89. The third kappa shape index (κ3) is 4.39. The molecule has 1 heterocycles. The quantitative estimate of drug-likeness (QED) is 0.759. The van der Waals surface area contributed by atoms with Crippen molar-refractivity contribution in [2.75, 3.05) is 17.2 Å². The Labute approximate surface area is 123 Å². The summed E-state index contributed by atoms with van der Waals surface area (Å²) >= 11 is 0. The molecule has 0 aromatic carbocycles. The number of nitrogens with one attached hydrogen (secondary N) is 2. The van der Waals surface area contributed by atoms with Crippen LogP contribution in [0, 0.1) is 5.92 Å². The Kier molecular flexibility index (Phi) is 6.16. The van der Waals surface area contributed by atoms with Crippen LogP contribution in [0.2, 0.25) is 0 Å². The summed E-state index contributed by atoms with van der Waals surface area (Å²) in [5.74, 6) is 2.82. The van der Waals surface area contributed by atoms with E-state index in [1.807, 2.05) is 6.07 Å². The number of hydrogen-bond acceptors (Lipinski definition) is 3. The van der Waals surface area contributed by atoms with E-state index in [-0.39, 0.29) is 0 Å². The first-order chi connectivity index (χ1) is 9.83. The molecule has 112 valence electrons. The molecule has 1 atom stereocenters. The van der Waals surface area contributed by atoms with Crippen molar-refractivity contribution in [3.8, 4) is 0 Å². The Morgan fingerprint density at radius 1 is 1.15 bits per heavy atom. The number of nitrogens with zero attached hydrogens (tertiary/aromatic N) is 1. The highest BCUT2D eigenvalue weighted by Crippen LogP contribution is 2.29. The smallest absolute Gasteiger partial charge is 0.128 e. The van der Waals surface area contributed by atoms with Gasteiger partial charge in [-0.2, -0.15) is 0 Å². The van der Waals surface area contributed by atoms with Gasteiger partial charge in [-0.1, -0.05) is 39.2 Å². The summed E-state index contributed by atoms with van der Waals surface area (Å²) < 4.78 is 0. The fraction of sp³-hybridized carbons (Fsp3) is 0.706. The molecule has 1 unspecified atom stereocenters. The van der Waals surface area contributed by atoms with Crippen molar-refractivity contribution in [1.29, 1.82) is 0 Å². The monoisotopic (exact) mass is 275 g/mol. The van der Waals surface area contributed by atoms with Gasteiger partial charge in [-0.3, -0.25) is 0 Å². The van der Waals surface area contributed by atoms with Crippen molar-refractivity contribution < 1.29 is 0 Å². The second kappa shape index (κ2) is 8.13. The lowest BCUT2D eigenvalue weighted by atomic mass is 9.83. The highest BCUT2D eigenvalue weighted by Gasteiger charge is 2.22. The van der Waals surface area contributed by atoms with Crippen LogP contribution in [0.3, 0.4) is 0 Å². The molecule has 2 N–H and O–H groups in total. The summed E-state index contributed by atoms with van der Waals surface area (Å²) in [5.41, 5.74) is 0. The first kappa shape index (κ1) is 15.1. The molecule has 20 heavy (non-hydrogen) atoms. The van der Waals surface area contributed by atoms with Gasteiger partial charge in [-0.15, -0.1) is 0 Å². The number of rotatable bonds is 7. The maximum Gasteiger partial charge on any atom is 0.128 e. The van der Waals surface area contributed by atoms with Crippen LogP contribution in [0.5, 0.6) is 0 Å². The molecule has 1 aliphatic rings. The van der Waals surface area contributed by atoms with Crippen LogP contribution < -0.4 is 10.6 Å². The van der Waals surface area contributed by atoms with Crippen molar-refractivity contribution in [2.24, 2.45) is 5.92 Å². The zero-order chi connectivity index (χ0) is 14.2. The van der Waals surface area contributed by atoms with Crippen molar-refractivity contribution >= 4 is 11.6 Å². The second-order valence-corrected chi connectivity index (χ2v) is 5.89. The lowest BCUT2D eigenvalue weighted by Gasteiger charge is -2.30. The molecule has 1 saturated carbocycles. The average molecular weight is 275 g/mol. The SMILES string of the molecule is CCCNc1cccc(NC(CC)C2CCCCC2)n1. The van der Waals surface area contributed by atoms with Crippen LogP contribution in [-0.2, 0) is 0 Å². The first-order valence-corrected chi connectivity index (χ1v) is 8.31. The van der Waals surface area contributed by atoms with Crippen LogP contribution >= 0.6 is 0 Å². The van der Waals surface area contributed by atoms with Crippen LogP contribution in [0.25, 0.3) is 0 Å². The molecule has 0 radical (unpaired) electrons. The molecule has 3 heteroatoms. The van der Waals surface area contributed by atoms with Crippen LogP contribution in [0.1, 0.15) is 58.8 Å². The minimum absolute atomic E-state index is 0.573. The molecule has 1 aliphatic carbocycles. The molecule has 1 fully saturated rings. The van der Waals surface area contributed by atoms with E-state index in [0.717, 1.165) is 30.5 Å². The molecule has 1 aromatic rings. The number of anilines is 2. The Morgan fingerprint density at radius 3 is 2.60 bits per heavy atom. The lowest BCUT2D eigenvalue weighted by Crippen LogP contribution is -2.30. The third-order valence-electron chi connectivity index (χ3n) is 4.30. The van der Waals surface area contributed by atoms with E-state index >= 15 is 0 Å². The van der Waals surface area contributed by atoms with E-state index in [1.54, 1.807) is 0 Å². The molecule has 0 amide bonds. The van der Waals surface area contributed by atoms with Crippen LogP contribution in [0.4, 0.5) is 11.6 Å². The molecule has 3 nitrogen and oxygen atoms in total. The van der Waals surface area contributed by atoms with E-state index < -0.39 is 0 Å². The number of pyridine rings is 1. The maximum absolute atomic E-state index is 4.67. The molecule has 2 rings (SSSR count). The minimum atomic E-state index is 0.573. The van der Waals surface area contributed by atoms with Gasteiger partial charge < -0.3 is 10.6 Å². The topological polar surface area (TPSA) is 37.0 Å². The molecule has 0 bridgehead atoms. The summed E-state index contributed by atoms with van der Waals surface area (Å²) in [7, 11) is 0. The lowest BCUT2D eigenvalue weighted by molar-refractivity contribution is 0.312. The summed E-state index contributed by atoms with van der Waals surface area (Å²) in [5, 5.41) is 7.02. The van der Waals surface area contributed by atoms with Gasteiger partial charge in [0.05, 0.1) is 0 Å². The Bertz CT molecular complexity index is 386. The average Bonchev–Trinajstić information content (AvgIpc) is 2.52. The van der Waals surface area contributed by atoms with Gasteiger partial charge in [0.15, 0.2) is 0 Å². The molecular formula is C17H29N3. The van der Waals surface area contributed by atoms with Gasteiger partial charge in [-0.05, 0) is 43.7 Å². The van der Waals surface area contributed by atoms with Gasteiger partial charge in [0.1, 0.15) is 11.6 Å². The van der Waals surface area contributed by atoms with E-state index in [0.29, 0.717) is 6.04 Å². The zero-order valence-electron chi connectivity index (χ0n) is 13.0. The van der Waals surface area contributed by atoms with E-state index in [4.69, 9.17) is 0 Å². The van der Waals surface area contributed by atoms with Crippen molar-refractivity contribution in [3.63, 3.8) is 0 Å². The Hall–Kier alpha value is -1.25. The van der Waals surface area contributed by atoms with Crippen LogP contribution in [0.15, 0.2) is 18.2 Å². The van der Waals surface area contributed by atoms with Gasteiger partial charge in [0, 0.05) is 12.6 Å². The Morgan fingerprint density at radius 2 is 1.90 bits per heavy atom. The normalized spacial score (nSPS) is 17.7. The van der Waals surface area contributed by atoms with Gasteiger partial charge >= 0.3 is 0 Å². The van der Waals surface area contributed by atoms with Gasteiger partial charge in [0.25, 0.3) is 0 Å². The number of aromatic nitrogens is 1. The standard InChI is InChI=1S/C17H29N3/c1-3-13-18-16-11-8-12-17(20-16)19-15(4-2)14-9-6-5-7-10-14/h8,11-12,14-15H,3-7,9-10,13H2,1-2H3,(H2,18,19,20). The molecule has 0 aliphatic heterocycles. The predicted molar refractivity (Wildman–Crippen MR) is 87.3 cm³/mol. The minimum Gasteiger partial charge on any atom is -0.370 e. The van der Waals surface area contributed by atoms with E-state index in [9.17, 15) is 0 Å². The first-order valence-electron chi connectivity index (χ1n) is 8.31. The fourth-order valence-electron chi connectivity index (χ4n) is 3.15. The van der Waals surface area contributed by atoms with E-state index in [2.05, 4.69) is 41.6 Å². The Balaban J connectivity index is 1.95. The summed E-state index contributed by atoms with van der Waals surface area (Å²) in [6.07, 6.45) is 9.26. The largest absolute Gasteiger partial charge is 0.370 e. The highest BCUT2D eigenvalue weighted by molar-refractivity contribution is 5.45. The van der Waals surface area contributed by atoms with Crippen LogP contribution in [-0.4, -0.2) is 17.6 Å². The van der Waals surface area contributed by atoms with Crippen molar-refractivity contribution in [3.05, 3.63) is 18.2 Å². The highest BCUT2D eigenvalue weighted by atomic mass is 15.1. The molecule has 0 spiro atoms. The van der Waals surface area contributed by atoms with Gasteiger partial charge in [-0.25, -0.2) is 4.98 Å². The third-order valence-corrected chi connectivity index (χ3v) is 4.30. The van der Waals surface area contributed by atoms with Crippen molar-refractivity contribution in [2.45, 2.75) is 64.8 Å². The summed E-state index contributed by atoms with van der Waals surface area (Å²) in [6, 6.07) is 6.79.